The number of carbonyl (C=O) groups excluding carboxylic acids is 1. The Bertz CT molecular complexity index is 1020. The lowest BCUT2D eigenvalue weighted by molar-refractivity contribution is 0.111. The van der Waals surface area contributed by atoms with E-state index >= 15 is 0 Å². The smallest absolute Gasteiger partial charge is 0.227 e. The van der Waals surface area contributed by atoms with E-state index in [9.17, 15) is 4.79 Å². The van der Waals surface area contributed by atoms with Crippen molar-refractivity contribution in [2.45, 2.75) is 0 Å². The summed E-state index contributed by atoms with van der Waals surface area (Å²) in [7, 11) is 1.71. The highest BCUT2D eigenvalue weighted by Gasteiger charge is 2.12. The monoisotopic (exact) mass is 306 g/mol. The minimum Gasteiger partial charge on any atom is -0.436 e. The van der Waals surface area contributed by atoms with Gasteiger partial charge in [-0.25, -0.2) is 4.98 Å². The maximum absolute atomic E-state index is 10.8. The minimum atomic E-state index is 0.328. The van der Waals surface area contributed by atoms with Crippen LogP contribution in [0.25, 0.3) is 33.9 Å². The molecule has 0 bridgehead atoms. The zero-order valence-corrected chi connectivity index (χ0v) is 12.0. The summed E-state index contributed by atoms with van der Waals surface area (Å²) in [6, 6.07) is 8.85. The van der Waals surface area contributed by atoms with Crippen molar-refractivity contribution in [2.24, 2.45) is 7.05 Å². The first-order chi connectivity index (χ1) is 11.2. The Hall–Kier alpha value is -3.42. The fourth-order valence-electron chi connectivity index (χ4n) is 2.24. The van der Waals surface area contributed by atoms with Gasteiger partial charge in [0, 0.05) is 17.3 Å². The van der Waals surface area contributed by atoms with Gasteiger partial charge in [0.15, 0.2) is 11.9 Å². The van der Waals surface area contributed by atoms with Crippen LogP contribution in [0.15, 0.2) is 40.9 Å². The van der Waals surface area contributed by atoms with Crippen LogP contribution in [0.2, 0.25) is 0 Å². The van der Waals surface area contributed by atoms with Gasteiger partial charge in [0.2, 0.25) is 11.7 Å². The highest BCUT2D eigenvalue weighted by molar-refractivity contribution is 5.81. The molecule has 0 atom stereocenters. The zero-order chi connectivity index (χ0) is 15.8. The summed E-state index contributed by atoms with van der Waals surface area (Å²) < 4.78 is 5.73. The van der Waals surface area contributed by atoms with E-state index in [2.05, 4.69) is 25.4 Å². The summed E-state index contributed by atoms with van der Waals surface area (Å²) >= 11 is 0. The van der Waals surface area contributed by atoms with Crippen LogP contribution in [0.3, 0.4) is 0 Å². The molecule has 3 heterocycles. The van der Waals surface area contributed by atoms with Gasteiger partial charge in [-0.15, -0.1) is 10.2 Å². The molecule has 112 valence electrons. The third-order valence-electron chi connectivity index (χ3n) is 3.30. The molecule has 0 aliphatic rings. The minimum absolute atomic E-state index is 0.328. The van der Waals surface area contributed by atoms with Crippen LogP contribution >= 0.6 is 0 Å². The van der Waals surface area contributed by atoms with Crippen LogP contribution in [0.5, 0.6) is 0 Å². The third-order valence-corrected chi connectivity index (χ3v) is 3.30. The second-order valence-corrected chi connectivity index (χ2v) is 4.89. The first-order valence-corrected chi connectivity index (χ1v) is 6.79. The lowest BCUT2D eigenvalue weighted by Crippen LogP contribution is -1.91. The number of fused-ring (bicyclic) bond motifs is 1. The van der Waals surface area contributed by atoms with E-state index < -0.39 is 0 Å². The number of rotatable bonds is 3. The van der Waals surface area contributed by atoms with Crippen molar-refractivity contribution in [2.75, 3.05) is 0 Å². The normalized spacial score (nSPS) is 11.0. The first-order valence-electron chi connectivity index (χ1n) is 6.79. The molecule has 0 spiro atoms. The molecule has 0 aliphatic heterocycles. The van der Waals surface area contributed by atoms with Crippen LogP contribution in [0.4, 0.5) is 0 Å². The van der Waals surface area contributed by atoms with E-state index in [0.717, 1.165) is 5.56 Å². The highest BCUT2D eigenvalue weighted by atomic mass is 16.3. The summed E-state index contributed by atoms with van der Waals surface area (Å²) in [6.45, 7) is 0. The van der Waals surface area contributed by atoms with Gasteiger partial charge < -0.3 is 4.42 Å². The molecule has 23 heavy (non-hydrogen) atoms. The molecular weight excluding hydrogens is 296 g/mol. The van der Waals surface area contributed by atoms with Crippen molar-refractivity contribution in [1.82, 2.24) is 30.2 Å². The summed E-state index contributed by atoms with van der Waals surface area (Å²) in [5.74, 6) is 0.945. The standard InChI is InChI=1S/C15H10N6O2/c1-21-19-14(18-20-21)9-2-3-13-12(7-9)17-15(23-13)10-4-5-16-11(6-10)8-22/h2-8H,1H3. The Morgan fingerprint density at radius 2 is 2.09 bits per heavy atom. The fourth-order valence-corrected chi connectivity index (χ4v) is 2.24. The first kappa shape index (κ1) is 13.3. The van der Waals surface area contributed by atoms with Gasteiger partial charge in [0.05, 0.1) is 7.05 Å². The van der Waals surface area contributed by atoms with Crippen molar-refractivity contribution in [3.05, 3.63) is 42.2 Å². The number of aromatic nitrogens is 6. The van der Waals surface area contributed by atoms with Crippen LogP contribution in [0.1, 0.15) is 10.5 Å². The van der Waals surface area contributed by atoms with Gasteiger partial charge >= 0.3 is 0 Å². The zero-order valence-electron chi connectivity index (χ0n) is 12.0. The average Bonchev–Trinajstić information content (AvgIpc) is 3.20. The number of carbonyl (C=O) groups is 1. The Morgan fingerprint density at radius 3 is 2.87 bits per heavy atom. The van der Waals surface area contributed by atoms with Crippen LogP contribution in [-0.2, 0) is 7.05 Å². The third kappa shape index (κ3) is 2.35. The van der Waals surface area contributed by atoms with Gasteiger partial charge in [-0.2, -0.15) is 4.80 Å². The molecule has 1 aromatic carbocycles. The molecule has 8 heteroatoms. The van der Waals surface area contributed by atoms with Crippen LogP contribution < -0.4 is 0 Å². The number of aryl methyl sites for hydroxylation is 1. The Morgan fingerprint density at radius 1 is 1.17 bits per heavy atom. The maximum Gasteiger partial charge on any atom is 0.227 e. The molecule has 0 saturated heterocycles. The van der Waals surface area contributed by atoms with Crippen LogP contribution in [0, 0.1) is 0 Å². The van der Waals surface area contributed by atoms with Crippen molar-refractivity contribution in [3.63, 3.8) is 0 Å². The lowest BCUT2D eigenvalue weighted by Gasteiger charge is -1.94. The van der Waals surface area contributed by atoms with Crippen molar-refractivity contribution in [1.29, 1.82) is 0 Å². The molecule has 0 aliphatic carbocycles. The number of hydrogen-bond donors (Lipinski definition) is 0. The molecule has 0 fully saturated rings. The second-order valence-electron chi connectivity index (χ2n) is 4.89. The second kappa shape index (κ2) is 5.09. The van der Waals surface area contributed by atoms with E-state index in [-0.39, 0.29) is 0 Å². The van der Waals surface area contributed by atoms with E-state index in [1.807, 2.05) is 12.1 Å². The molecule has 0 unspecified atom stereocenters. The molecule has 4 aromatic rings. The maximum atomic E-state index is 10.8. The number of pyridine rings is 1. The summed E-state index contributed by atoms with van der Waals surface area (Å²) in [4.78, 5) is 20.6. The lowest BCUT2D eigenvalue weighted by atomic mass is 10.2. The van der Waals surface area contributed by atoms with Gasteiger partial charge in [-0.3, -0.25) is 9.78 Å². The number of benzene rings is 1. The van der Waals surface area contributed by atoms with Gasteiger partial charge in [-0.05, 0) is 35.5 Å². The summed E-state index contributed by atoms with van der Waals surface area (Å²) in [6.07, 6.45) is 2.23. The molecule has 8 nitrogen and oxygen atoms in total. The predicted molar refractivity (Wildman–Crippen MR) is 80.4 cm³/mol. The Labute approximate surface area is 129 Å². The number of oxazole rings is 1. The summed E-state index contributed by atoms with van der Waals surface area (Å²) in [5, 5.41) is 12.0. The number of hydrogen-bond acceptors (Lipinski definition) is 7. The van der Waals surface area contributed by atoms with Gasteiger partial charge in [-0.1, -0.05) is 0 Å². The largest absolute Gasteiger partial charge is 0.436 e. The van der Waals surface area contributed by atoms with E-state index in [0.29, 0.717) is 40.4 Å². The predicted octanol–water partition coefficient (Wildman–Crippen LogP) is 1.89. The average molecular weight is 306 g/mol. The Kier molecular flexibility index (Phi) is 2.94. The van der Waals surface area contributed by atoms with E-state index in [4.69, 9.17) is 4.42 Å². The molecule has 3 aromatic heterocycles. The van der Waals surface area contributed by atoms with Gasteiger partial charge in [0.1, 0.15) is 11.2 Å². The Balaban J connectivity index is 1.80. The van der Waals surface area contributed by atoms with E-state index in [1.54, 1.807) is 31.4 Å². The highest BCUT2D eigenvalue weighted by Crippen LogP contribution is 2.27. The van der Waals surface area contributed by atoms with E-state index in [1.165, 1.54) is 4.80 Å². The quantitative estimate of drug-likeness (QED) is 0.533. The molecule has 0 radical (unpaired) electrons. The molecule has 0 saturated carbocycles. The van der Waals surface area contributed by atoms with Crippen molar-refractivity contribution >= 4 is 17.4 Å². The number of nitrogens with zero attached hydrogens (tertiary/aromatic N) is 6. The number of tetrazole rings is 1. The molecule has 4 rings (SSSR count). The van der Waals surface area contributed by atoms with Crippen LogP contribution in [-0.4, -0.2) is 36.5 Å². The summed E-state index contributed by atoms with van der Waals surface area (Å²) in [5.41, 5.74) is 3.13. The fraction of sp³-hybridized carbons (Fsp3) is 0.0667. The topological polar surface area (TPSA) is 99.6 Å². The van der Waals surface area contributed by atoms with Gasteiger partial charge in [0.25, 0.3) is 0 Å². The number of aldehydes is 1. The molecular formula is C15H10N6O2. The van der Waals surface area contributed by atoms with Crippen molar-refractivity contribution < 1.29 is 9.21 Å². The molecule has 0 amide bonds. The molecule has 0 N–H and O–H groups in total. The van der Waals surface area contributed by atoms with Crippen molar-refractivity contribution in [3.8, 4) is 22.8 Å². The SMILES string of the molecule is Cn1nnc(-c2ccc3oc(-c4ccnc(C=O)c4)nc3c2)n1.